The number of nitrogens with one attached hydrogen (secondary N) is 1. The summed E-state index contributed by atoms with van der Waals surface area (Å²) >= 11 is 6.17. The van der Waals surface area contributed by atoms with Crippen LogP contribution in [0.1, 0.15) is 23.0 Å². The number of carbonyl (C=O) groups excluding carboxylic acids is 1. The van der Waals surface area contributed by atoms with E-state index in [-0.39, 0.29) is 5.91 Å². The Kier molecular flexibility index (Phi) is 6.37. The summed E-state index contributed by atoms with van der Waals surface area (Å²) in [7, 11) is 0. The predicted octanol–water partition coefficient (Wildman–Crippen LogP) is 5.67. The summed E-state index contributed by atoms with van der Waals surface area (Å²) in [6.45, 7) is 4.32. The van der Waals surface area contributed by atoms with Gasteiger partial charge in [0.1, 0.15) is 11.5 Å². The van der Waals surface area contributed by atoms with E-state index in [0.29, 0.717) is 45.9 Å². The van der Waals surface area contributed by atoms with E-state index in [1.54, 1.807) is 41.2 Å². The minimum Gasteiger partial charge on any atom is -0.494 e. The molecule has 0 radical (unpaired) electrons. The zero-order valence-corrected chi connectivity index (χ0v) is 18.3. The lowest BCUT2D eigenvalue weighted by molar-refractivity contribution is 0.102. The number of benzene rings is 2. The number of pyridine rings is 1. The van der Waals surface area contributed by atoms with E-state index in [2.05, 4.69) is 15.4 Å². The van der Waals surface area contributed by atoms with E-state index in [0.717, 1.165) is 5.75 Å². The van der Waals surface area contributed by atoms with Gasteiger partial charge in [0, 0.05) is 11.2 Å². The number of anilines is 1. The molecule has 4 rings (SSSR count). The largest absolute Gasteiger partial charge is 0.494 e. The van der Waals surface area contributed by atoms with Crippen LogP contribution in [-0.2, 0) is 0 Å². The number of hydrogen-bond donors (Lipinski definition) is 1. The fourth-order valence-corrected chi connectivity index (χ4v) is 3.29. The van der Waals surface area contributed by atoms with E-state index in [1.165, 1.54) is 6.20 Å². The molecule has 1 amide bonds. The minimum absolute atomic E-state index is 0.330. The molecule has 2 heterocycles. The monoisotopic (exact) mass is 448 g/mol. The summed E-state index contributed by atoms with van der Waals surface area (Å²) < 4.78 is 13.0. The van der Waals surface area contributed by atoms with Crippen molar-refractivity contribution in [3.8, 4) is 23.1 Å². The topological polar surface area (TPSA) is 78.3 Å². The summed E-state index contributed by atoms with van der Waals surface area (Å²) in [6, 6.07) is 17.8. The van der Waals surface area contributed by atoms with Crippen molar-refractivity contribution in [2.45, 2.75) is 13.8 Å². The number of amides is 1. The highest BCUT2D eigenvalue weighted by Gasteiger charge is 2.18. The molecule has 0 aliphatic heterocycles. The summed E-state index contributed by atoms with van der Waals surface area (Å²) in [5.74, 6) is 2.12. The Bertz CT molecular complexity index is 1220. The van der Waals surface area contributed by atoms with E-state index in [9.17, 15) is 4.79 Å². The van der Waals surface area contributed by atoms with E-state index < -0.39 is 0 Å². The van der Waals surface area contributed by atoms with E-state index in [4.69, 9.17) is 21.1 Å². The van der Waals surface area contributed by atoms with Gasteiger partial charge in [-0.05, 0) is 68.4 Å². The van der Waals surface area contributed by atoms with Crippen LogP contribution in [0.5, 0.6) is 17.2 Å². The summed E-state index contributed by atoms with van der Waals surface area (Å²) in [5.41, 5.74) is 1.53. The molecule has 2 aromatic heterocycles. The molecule has 0 unspecified atom stereocenters. The number of aromatic nitrogens is 3. The van der Waals surface area contributed by atoms with Crippen molar-refractivity contribution in [3.63, 3.8) is 0 Å². The Balaban J connectivity index is 1.56. The smallest absolute Gasteiger partial charge is 0.259 e. The third-order valence-electron chi connectivity index (χ3n) is 4.67. The van der Waals surface area contributed by atoms with Gasteiger partial charge in [-0.3, -0.25) is 4.79 Å². The maximum atomic E-state index is 13.0. The summed E-state index contributed by atoms with van der Waals surface area (Å²) in [4.78, 5) is 17.3. The highest BCUT2D eigenvalue weighted by molar-refractivity contribution is 6.31. The van der Waals surface area contributed by atoms with Gasteiger partial charge in [-0.1, -0.05) is 17.7 Å². The van der Waals surface area contributed by atoms with Crippen LogP contribution >= 0.6 is 11.6 Å². The Morgan fingerprint density at radius 2 is 1.88 bits per heavy atom. The minimum atomic E-state index is -0.330. The van der Waals surface area contributed by atoms with Crippen LogP contribution in [0.3, 0.4) is 0 Å². The first kappa shape index (κ1) is 21.4. The molecular weight excluding hydrogens is 428 g/mol. The second-order valence-electron chi connectivity index (χ2n) is 6.84. The van der Waals surface area contributed by atoms with Gasteiger partial charge < -0.3 is 14.8 Å². The van der Waals surface area contributed by atoms with Gasteiger partial charge in [-0.15, -0.1) is 0 Å². The molecule has 1 N–H and O–H groups in total. The molecule has 0 atom stereocenters. The molecule has 162 valence electrons. The van der Waals surface area contributed by atoms with Crippen LogP contribution in [0.15, 0.2) is 73.1 Å². The van der Waals surface area contributed by atoms with Crippen molar-refractivity contribution in [2.24, 2.45) is 0 Å². The van der Waals surface area contributed by atoms with Gasteiger partial charge in [0.05, 0.1) is 29.7 Å². The molecule has 0 aliphatic rings. The van der Waals surface area contributed by atoms with Crippen molar-refractivity contribution < 1.29 is 14.3 Å². The van der Waals surface area contributed by atoms with Gasteiger partial charge >= 0.3 is 0 Å². The SMILES string of the molecule is CCOc1ccc(Oc2ccc(Cl)cc2NC(=O)c2cnn(-c3ccccn3)c2C)cc1. The molecule has 7 nitrogen and oxygen atoms in total. The first-order valence-electron chi connectivity index (χ1n) is 10.0. The average molecular weight is 449 g/mol. The zero-order chi connectivity index (χ0) is 22.5. The van der Waals surface area contributed by atoms with Crippen molar-refractivity contribution in [1.82, 2.24) is 14.8 Å². The lowest BCUT2D eigenvalue weighted by Crippen LogP contribution is -2.14. The number of hydrogen-bond acceptors (Lipinski definition) is 5. The average Bonchev–Trinajstić information content (AvgIpc) is 3.19. The molecule has 0 fully saturated rings. The van der Waals surface area contributed by atoms with Crippen LogP contribution in [-0.4, -0.2) is 27.3 Å². The van der Waals surface area contributed by atoms with Crippen molar-refractivity contribution >= 4 is 23.2 Å². The predicted molar refractivity (Wildman–Crippen MR) is 123 cm³/mol. The molecule has 0 saturated heterocycles. The Hall–Kier alpha value is -3.84. The fourth-order valence-electron chi connectivity index (χ4n) is 3.12. The van der Waals surface area contributed by atoms with Crippen molar-refractivity contribution in [2.75, 3.05) is 11.9 Å². The van der Waals surface area contributed by atoms with Crippen molar-refractivity contribution in [3.05, 3.63) is 89.3 Å². The number of nitrogens with zero attached hydrogens (tertiary/aromatic N) is 3. The third kappa shape index (κ3) is 4.73. The Labute approximate surface area is 190 Å². The number of carbonyl (C=O) groups is 1. The number of ether oxygens (including phenoxy) is 2. The highest BCUT2D eigenvalue weighted by atomic mass is 35.5. The highest BCUT2D eigenvalue weighted by Crippen LogP contribution is 2.33. The number of rotatable bonds is 7. The Morgan fingerprint density at radius 1 is 1.09 bits per heavy atom. The zero-order valence-electron chi connectivity index (χ0n) is 17.6. The molecular formula is C24H21ClN4O3. The molecule has 0 bridgehead atoms. The molecule has 32 heavy (non-hydrogen) atoms. The molecule has 0 aliphatic carbocycles. The molecule has 4 aromatic rings. The van der Waals surface area contributed by atoms with Crippen LogP contribution in [0.4, 0.5) is 5.69 Å². The number of halogens is 1. The maximum Gasteiger partial charge on any atom is 0.259 e. The lowest BCUT2D eigenvalue weighted by atomic mass is 10.2. The van der Waals surface area contributed by atoms with Crippen LogP contribution in [0, 0.1) is 6.92 Å². The normalized spacial score (nSPS) is 10.6. The lowest BCUT2D eigenvalue weighted by Gasteiger charge is -2.13. The van der Waals surface area contributed by atoms with E-state index in [1.807, 2.05) is 44.2 Å². The first-order chi connectivity index (χ1) is 15.5. The third-order valence-corrected chi connectivity index (χ3v) is 4.91. The first-order valence-corrected chi connectivity index (χ1v) is 10.4. The summed E-state index contributed by atoms with van der Waals surface area (Å²) in [5, 5.41) is 7.65. The Morgan fingerprint density at radius 3 is 2.59 bits per heavy atom. The second kappa shape index (κ2) is 9.53. The van der Waals surface area contributed by atoms with Crippen LogP contribution < -0.4 is 14.8 Å². The summed E-state index contributed by atoms with van der Waals surface area (Å²) in [6.07, 6.45) is 3.18. The molecule has 2 aromatic carbocycles. The van der Waals surface area contributed by atoms with Gasteiger partial charge in [0.2, 0.25) is 0 Å². The quantitative estimate of drug-likeness (QED) is 0.394. The molecule has 8 heteroatoms. The van der Waals surface area contributed by atoms with E-state index >= 15 is 0 Å². The molecule has 0 spiro atoms. The van der Waals surface area contributed by atoms with Gasteiger partial charge in [0.25, 0.3) is 5.91 Å². The van der Waals surface area contributed by atoms with Gasteiger partial charge in [-0.25, -0.2) is 9.67 Å². The van der Waals surface area contributed by atoms with Crippen LogP contribution in [0.2, 0.25) is 5.02 Å². The van der Waals surface area contributed by atoms with Crippen molar-refractivity contribution in [1.29, 1.82) is 0 Å². The molecule has 0 saturated carbocycles. The van der Waals surface area contributed by atoms with Gasteiger partial charge in [-0.2, -0.15) is 5.10 Å². The maximum absolute atomic E-state index is 13.0. The van der Waals surface area contributed by atoms with Crippen LogP contribution in [0.25, 0.3) is 5.82 Å². The second-order valence-corrected chi connectivity index (χ2v) is 7.28. The van der Waals surface area contributed by atoms with Gasteiger partial charge in [0.15, 0.2) is 11.6 Å². The fraction of sp³-hybridized carbons (Fsp3) is 0.125. The standard InChI is InChI=1S/C24H21ClN4O3/c1-3-31-18-8-10-19(11-9-18)32-22-12-7-17(25)14-21(22)28-24(30)20-15-27-29(16(20)2)23-6-4-5-13-26-23/h4-15H,3H2,1-2H3,(H,28,30).